The summed E-state index contributed by atoms with van der Waals surface area (Å²) in [5.41, 5.74) is 8.54. The number of hydrogen-bond donors (Lipinski definition) is 0. The molecule has 0 heterocycles. The highest BCUT2D eigenvalue weighted by atomic mass is 14.9. The Morgan fingerprint density at radius 3 is 2.52 bits per heavy atom. The second kappa shape index (κ2) is 14.7. The number of benzene rings is 1. The third-order valence-electron chi connectivity index (χ3n) is 7.35. The quantitative estimate of drug-likeness (QED) is 0.156. The van der Waals surface area contributed by atoms with E-state index in [9.17, 15) is 0 Å². The molecule has 40 heavy (non-hydrogen) atoms. The molecule has 2 nitrogen and oxygen atoms in total. The summed E-state index contributed by atoms with van der Waals surface area (Å²) in [5, 5.41) is 0. The van der Waals surface area contributed by atoms with Gasteiger partial charge in [0.15, 0.2) is 5.84 Å². The van der Waals surface area contributed by atoms with Gasteiger partial charge in [0.2, 0.25) is 0 Å². The Hall–Kier alpha value is -4.30. The van der Waals surface area contributed by atoms with E-state index in [4.69, 9.17) is 4.99 Å². The summed E-state index contributed by atoms with van der Waals surface area (Å²) in [5.74, 6) is 0.612. The first kappa shape index (κ1) is 30.2. The molecule has 3 rings (SSSR count). The molecule has 0 spiro atoms. The zero-order valence-corrected chi connectivity index (χ0v) is 24.4. The molecule has 0 aliphatic heterocycles. The first-order valence-electron chi connectivity index (χ1n) is 14.0. The van der Waals surface area contributed by atoms with Crippen LogP contribution in [0, 0.1) is 0 Å². The van der Waals surface area contributed by atoms with Crippen LogP contribution >= 0.6 is 0 Å². The van der Waals surface area contributed by atoms with Crippen LogP contribution in [0.5, 0.6) is 0 Å². The van der Waals surface area contributed by atoms with Gasteiger partial charge in [-0.1, -0.05) is 129 Å². The average Bonchev–Trinajstić information content (AvgIpc) is 3.09. The standard InChI is InChI=1S/C38H42N2/c1-8-14-23-29(12-5)28-40-37(39-7)33-26-19-27-35-36(33)32(22-11-4)34(13-6)38(35,30(20-9-2)21-10-3)31-24-17-15-16-18-25-31/h8-15,17,19-24,26-27H,2,5-7,16,18,25,28H2,1,3-4H3/b14-8-,21-10-,22-11-,29-23+,30-20+,40-37?. The van der Waals surface area contributed by atoms with E-state index in [-0.39, 0.29) is 0 Å². The van der Waals surface area contributed by atoms with Crippen LogP contribution in [0.15, 0.2) is 155 Å². The number of aliphatic imine (C=N–C) groups is 2. The van der Waals surface area contributed by atoms with Gasteiger partial charge in [-0.25, -0.2) is 4.99 Å². The van der Waals surface area contributed by atoms with Crippen molar-refractivity contribution in [1.29, 1.82) is 0 Å². The lowest BCUT2D eigenvalue weighted by molar-refractivity contribution is 0.672. The minimum atomic E-state index is -0.526. The summed E-state index contributed by atoms with van der Waals surface area (Å²) in [6.45, 7) is 22.9. The van der Waals surface area contributed by atoms with Gasteiger partial charge in [0, 0.05) is 5.56 Å². The lowest BCUT2D eigenvalue weighted by atomic mass is 9.64. The van der Waals surface area contributed by atoms with E-state index < -0.39 is 5.41 Å². The van der Waals surface area contributed by atoms with Crippen molar-refractivity contribution in [1.82, 2.24) is 0 Å². The monoisotopic (exact) mass is 526 g/mol. The summed E-state index contributed by atoms with van der Waals surface area (Å²) in [6.07, 6.45) is 32.4. The fourth-order valence-electron chi connectivity index (χ4n) is 5.76. The molecular weight excluding hydrogens is 484 g/mol. The molecule has 204 valence electrons. The molecule has 1 aromatic carbocycles. The molecule has 1 unspecified atom stereocenters. The fraction of sp³-hybridized carbons (Fsp3) is 0.211. The summed E-state index contributed by atoms with van der Waals surface area (Å²) in [6, 6.07) is 6.46. The summed E-state index contributed by atoms with van der Waals surface area (Å²) >= 11 is 0. The summed E-state index contributed by atoms with van der Waals surface area (Å²) < 4.78 is 0. The molecule has 1 aromatic rings. The van der Waals surface area contributed by atoms with Gasteiger partial charge in [0.25, 0.3) is 0 Å². The third-order valence-corrected chi connectivity index (χ3v) is 7.35. The van der Waals surface area contributed by atoms with Crippen molar-refractivity contribution in [3.05, 3.63) is 162 Å². The van der Waals surface area contributed by atoms with Gasteiger partial charge in [-0.05, 0) is 80.2 Å². The normalized spacial score (nSPS) is 20.3. The highest BCUT2D eigenvalue weighted by Crippen LogP contribution is 2.58. The number of rotatable bonds is 11. The van der Waals surface area contributed by atoms with Crippen LogP contribution in [0.4, 0.5) is 0 Å². The highest BCUT2D eigenvalue weighted by Gasteiger charge is 2.48. The molecule has 0 saturated heterocycles. The molecule has 0 radical (unpaired) electrons. The zero-order valence-electron chi connectivity index (χ0n) is 24.4. The largest absolute Gasteiger partial charge is 0.261 e. The lowest BCUT2D eigenvalue weighted by Gasteiger charge is -2.37. The molecule has 2 heteroatoms. The molecule has 1 atom stereocenters. The number of hydrogen-bond acceptors (Lipinski definition) is 1. The van der Waals surface area contributed by atoms with Crippen LogP contribution in [-0.2, 0) is 5.41 Å². The molecular formula is C38H42N2. The van der Waals surface area contributed by atoms with Crippen LogP contribution in [0.1, 0.15) is 56.7 Å². The number of amidine groups is 1. The number of fused-ring (bicyclic) bond motifs is 1. The van der Waals surface area contributed by atoms with Crippen molar-refractivity contribution >= 4 is 18.1 Å². The smallest absolute Gasteiger partial charge is 0.154 e. The second-order valence-corrected chi connectivity index (χ2v) is 9.65. The van der Waals surface area contributed by atoms with Crippen LogP contribution in [0.2, 0.25) is 0 Å². The molecule has 0 bridgehead atoms. The van der Waals surface area contributed by atoms with Crippen molar-refractivity contribution in [2.24, 2.45) is 9.98 Å². The Morgan fingerprint density at radius 1 is 1.05 bits per heavy atom. The van der Waals surface area contributed by atoms with Crippen LogP contribution < -0.4 is 0 Å². The predicted molar refractivity (Wildman–Crippen MR) is 178 cm³/mol. The van der Waals surface area contributed by atoms with Gasteiger partial charge < -0.3 is 0 Å². The summed E-state index contributed by atoms with van der Waals surface area (Å²) in [7, 11) is 0. The Labute approximate surface area is 241 Å². The Morgan fingerprint density at radius 2 is 1.88 bits per heavy atom. The third kappa shape index (κ3) is 5.82. The van der Waals surface area contributed by atoms with Crippen molar-refractivity contribution in [3.8, 4) is 0 Å². The minimum Gasteiger partial charge on any atom is -0.261 e. The van der Waals surface area contributed by atoms with Gasteiger partial charge in [0.1, 0.15) is 0 Å². The van der Waals surface area contributed by atoms with Crippen LogP contribution in [0.3, 0.4) is 0 Å². The van der Waals surface area contributed by atoms with Crippen molar-refractivity contribution in [2.45, 2.75) is 45.4 Å². The van der Waals surface area contributed by atoms with Gasteiger partial charge in [-0.3, -0.25) is 4.99 Å². The van der Waals surface area contributed by atoms with Crippen LogP contribution in [-0.4, -0.2) is 19.1 Å². The first-order chi connectivity index (χ1) is 19.6. The topological polar surface area (TPSA) is 24.7 Å². The summed E-state index contributed by atoms with van der Waals surface area (Å²) in [4.78, 5) is 9.36. The van der Waals surface area contributed by atoms with Gasteiger partial charge in [0.05, 0.1) is 12.0 Å². The minimum absolute atomic E-state index is 0.462. The van der Waals surface area contributed by atoms with Crippen molar-refractivity contribution in [3.63, 3.8) is 0 Å². The van der Waals surface area contributed by atoms with E-state index in [1.807, 2.05) is 43.4 Å². The number of allylic oxidation sites excluding steroid dienone is 17. The Balaban J connectivity index is 2.48. The van der Waals surface area contributed by atoms with Crippen LogP contribution in [0.25, 0.3) is 5.57 Å². The van der Waals surface area contributed by atoms with Crippen molar-refractivity contribution < 1.29 is 0 Å². The van der Waals surface area contributed by atoms with Crippen molar-refractivity contribution in [2.75, 3.05) is 6.54 Å². The Bertz CT molecular complexity index is 1430. The van der Waals surface area contributed by atoms with Gasteiger partial charge in [-0.2, -0.15) is 0 Å². The van der Waals surface area contributed by atoms with E-state index in [0.29, 0.717) is 12.4 Å². The molecule has 2 aliphatic rings. The lowest BCUT2D eigenvalue weighted by Crippen LogP contribution is -2.31. The fourth-order valence-corrected chi connectivity index (χ4v) is 5.76. The SMILES string of the molecule is C=C/C=C(\C=C/C)C1(C2=CC=CCCC2)C(C=C)=C(/C=C\C)c2c(C(N=C)=NC/C(C=C)=C/C=C\C)cccc21. The molecule has 0 saturated carbocycles. The van der Waals surface area contributed by atoms with E-state index in [2.05, 4.69) is 112 Å². The molecule has 0 amide bonds. The number of nitrogens with zero attached hydrogens (tertiary/aromatic N) is 2. The van der Waals surface area contributed by atoms with E-state index in [0.717, 1.165) is 52.7 Å². The molecule has 0 aromatic heterocycles. The van der Waals surface area contributed by atoms with E-state index in [1.165, 1.54) is 11.1 Å². The first-order valence-corrected chi connectivity index (χ1v) is 14.0. The highest BCUT2D eigenvalue weighted by molar-refractivity contribution is 6.09. The average molecular weight is 527 g/mol. The van der Waals surface area contributed by atoms with E-state index in [1.54, 1.807) is 0 Å². The maximum absolute atomic E-state index is 4.92. The van der Waals surface area contributed by atoms with E-state index >= 15 is 0 Å². The molecule has 2 aliphatic carbocycles. The predicted octanol–water partition coefficient (Wildman–Crippen LogP) is 9.94. The maximum Gasteiger partial charge on any atom is 0.154 e. The van der Waals surface area contributed by atoms with Gasteiger partial charge >= 0.3 is 0 Å². The maximum atomic E-state index is 4.92. The zero-order chi connectivity index (χ0) is 29.0. The Kier molecular flexibility index (Phi) is 11.1. The van der Waals surface area contributed by atoms with Gasteiger partial charge in [-0.15, -0.1) is 0 Å². The molecule has 0 N–H and O–H groups in total. The molecule has 0 fully saturated rings. The second-order valence-electron chi connectivity index (χ2n) is 9.65.